The van der Waals surface area contributed by atoms with Crippen molar-refractivity contribution in [2.75, 3.05) is 13.1 Å². The monoisotopic (exact) mass is 579 g/mol. The van der Waals surface area contributed by atoms with Gasteiger partial charge in [0.15, 0.2) is 0 Å². The van der Waals surface area contributed by atoms with Crippen molar-refractivity contribution >= 4 is 5.97 Å². The lowest BCUT2D eigenvalue weighted by atomic mass is 9.90. The van der Waals surface area contributed by atoms with Gasteiger partial charge in [0.05, 0.1) is 18.1 Å². The van der Waals surface area contributed by atoms with Crippen molar-refractivity contribution in [2.24, 2.45) is 0 Å². The van der Waals surface area contributed by atoms with Crippen LogP contribution in [0.15, 0.2) is 103 Å². The zero-order chi connectivity index (χ0) is 30.1. The molecule has 0 unspecified atom stereocenters. The zero-order valence-corrected chi connectivity index (χ0v) is 23.2. The SMILES string of the molecule is C[C@H](CCN(Cc1cccc(C(F)(F)F)c1F)CC(c1ccccc1)c1ccccc1)Oc1cccc(CC(=O)O)c1. The summed E-state index contributed by atoms with van der Waals surface area (Å²) in [5, 5.41) is 9.09. The lowest BCUT2D eigenvalue weighted by Gasteiger charge is -2.30. The normalized spacial score (nSPS) is 12.5. The molecule has 0 heterocycles. The number of hydrogen-bond donors (Lipinski definition) is 1. The molecule has 4 nitrogen and oxygen atoms in total. The number of aliphatic carboxylic acids is 1. The van der Waals surface area contributed by atoms with Gasteiger partial charge in [-0.15, -0.1) is 0 Å². The Hall–Kier alpha value is -4.17. The minimum atomic E-state index is -4.79. The molecule has 0 radical (unpaired) electrons. The van der Waals surface area contributed by atoms with E-state index in [2.05, 4.69) is 0 Å². The molecule has 0 aromatic heterocycles. The van der Waals surface area contributed by atoms with Crippen LogP contribution in [0.3, 0.4) is 0 Å². The van der Waals surface area contributed by atoms with E-state index in [9.17, 15) is 18.0 Å². The molecule has 4 aromatic rings. The molecule has 4 aromatic carbocycles. The Bertz CT molecular complexity index is 1400. The summed E-state index contributed by atoms with van der Waals surface area (Å²) < 4.78 is 61.6. The van der Waals surface area contributed by atoms with Gasteiger partial charge < -0.3 is 9.84 Å². The number of rotatable bonds is 13. The largest absolute Gasteiger partial charge is 0.491 e. The van der Waals surface area contributed by atoms with Crippen molar-refractivity contribution in [1.82, 2.24) is 4.90 Å². The molecular formula is C34H33F4NO3. The molecule has 0 saturated carbocycles. The van der Waals surface area contributed by atoms with Crippen molar-refractivity contribution < 1.29 is 32.2 Å². The van der Waals surface area contributed by atoms with E-state index in [1.54, 1.807) is 24.3 Å². The second-order valence-electron chi connectivity index (χ2n) is 10.3. The summed E-state index contributed by atoms with van der Waals surface area (Å²) in [6.45, 7) is 2.71. The molecular weight excluding hydrogens is 546 g/mol. The van der Waals surface area contributed by atoms with Gasteiger partial charge in [0.1, 0.15) is 11.6 Å². The third kappa shape index (κ3) is 8.66. The fraction of sp³-hybridized carbons (Fsp3) is 0.265. The maximum Gasteiger partial charge on any atom is 0.419 e. The molecule has 0 aliphatic heterocycles. The van der Waals surface area contributed by atoms with Crippen LogP contribution in [0, 0.1) is 5.82 Å². The fourth-order valence-corrected chi connectivity index (χ4v) is 4.99. The molecule has 1 N–H and O–H groups in total. The van der Waals surface area contributed by atoms with Gasteiger partial charge in [-0.1, -0.05) is 84.9 Å². The van der Waals surface area contributed by atoms with E-state index in [1.807, 2.05) is 72.5 Å². The highest BCUT2D eigenvalue weighted by Crippen LogP contribution is 2.33. The molecule has 0 aliphatic carbocycles. The second kappa shape index (κ2) is 14.1. The van der Waals surface area contributed by atoms with Gasteiger partial charge in [0.2, 0.25) is 0 Å². The van der Waals surface area contributed by atoms with Gasteiger partial charge in [0, 0.05) is 31.1 Å². The molecule has 0 saturated heterocycles. The smallest absolute Gasteiger partial charge is 0.419 e. The summed E-state index contributed by atoms with van der Waals surface area (Å²) in [6.07, 6.45) is -4.72. The van der Waals surface area contributed by atoms with Crippen LogP contribution in [0.25, 0.3) is 0 Å². The van der Waals surface area contributed by atoms with Crippen LogP contribution < -0.4 is 4.74 Å². The number of carboxylic acids is 1. The molecule has 220 valence electrons. The van der Waals surface area contributed by atoms with E-state index >= 15 is 4.39 Å². The Balaban J connectivity index is 1.58. The topological polar surface area (TPSA) is 49.8 Å². The van der Waals surface area contributed by atoms with Gasteiger partial charge in [-0.3, -0.25) is 9.69 Å². The van der Waals surface area contributed by atoms with Crippen LogP contribution in [-0.2, 0) is 23.9 Å². The lowest BCUT2D eigenvalue weighted by Crippen LogP contribution is -2.32. The number of benzene rings is 4. The van der Waals surface area contributed by atoms with Crippen LogP contribution in [-0.4, -0.2) is 35.2 Å². The van der Waals surface area contributed by atoms with Crippen LogP contribution in [0.5, 0.6) is 5.75 Å². The summed E-state index contributed by atoms with van der Waals surface area (Å²) in [4.78, 5) is 13.0. The highest BCUT2D eigenvalue weighted by atomic mass is 19.4. The van der Waals surface area contributed by atoms with Crippen molar-refractivity contribution in [1.29, 1.82) is 0 Å². The van der Waals surface area contributed by atoms with Crippen molar-refractivity contribution in [3.05, 3.63) is 137 Å². The standard InChI is InChI=1S/C34H33F4NO3/c1-24(42-29-16-8-10-25(20-29)21-32(40)41)18-19-39(22-28-15-9-17-31(33(28)35)34(36,37)38)23-30(26-11-4-2-5-12-26)27-13-6-3-7-14-27/h2-17,20,24,30H,18-19,21-23H2,1H3,(H,40,41)/t24-/m1/s1. The second-order valence-corrected chi connectivity index (χ2v) is 10.3. The maximum atomic E-state index is 15.1. The van der Waals surface area contributed by atoms with Crippen molar-refractivity contribution in [2.45, 2.75) is 44.5 Å². The van der Waals surface area contributed by atoms with E-state index in [4.69, 9.17) is 9.84 Å². The predicted octanol–water partition coefficient (Wildman–Crippen LogP) is 7.96. The van der Waals surface area contributed by atoms with E-state index in [0.29, 0.717) is 30.8 Å². The molecule has 8 heteroatoms. The highest BCUT2D eigenvalue weighted by Gasteiger charge is 2.35. The molecule has 1 atom stereocenters. The molecule has 0 bridgehead atoms. The van der Waals surface area contributed by atoms with Gasteiger partial charge in [-0.05, 0) is 48.2 Å². The number of alkyl halides is 3. The van der Waals surface area contributed by atoms with Crippen LogP contribution in [0.1, 0.15) is 47.1 Å². The highest BCUT2D eigenvalue weighted by molar-refractivity contribution is 5.70. The van der Waals surface area contributed by atoms with E-state index < -0.39 is 23.5 Å². The average Bonchev–Trinajstić information content (AvgIpc) is 2.95. The number of carbonyl (C=O) groups is 1. The first kappa shape index (κ1) is 30.8. The van der Waals surface area contributed by atoms with Gasteiger partial charge >= 0.3 is 12.1 Å². The Kier molecular flexibility index (Phi) is 10.4. The number of ether oxygens (including phenoxy) is 1. The van der Waals surface area contributed by atoms with Gasteiger partial charge in [-0.25, -0.2) is 4.39 Å². The molecule has 4 rings (SSSR count). The number of halogens is 4. The first-order chi connectivity index (χ1) is 20.1. The van der Waals surface area contributed by atoms with Gasteiger partial charge in [-0.2, -0.15) is 13.2 Å². The predicted molar refractivity (Wildman–Crippen MR) is 154 cm³/mol. The molecule has 42 heavy (non-hydrogen) atoms. The summed E-state index contributed by atoms with van der Waals surface area (Å²) in [5.74, 6) is -1.78. The third-order valence-electron chi connectivity index (χ3n) is 7.07. The quantitative estimate of drug-likeness (QED) is 0.163. The molecule has 0 spiro atoms. The van der Waals surface area contributed by atoms with E-state index in [1.165, 1.54) is 12.1 Å². The molecule has 0 amide bonds. The van der Waals surface area contributed by atoms with Crippen LogP contribution in [0.4, 0.5) is 17.6 Å². The number of nitrogens with zero attached hydrogens (tertiary/aromatic N) is 1. The van der Waals surface area contributed by atoms with Crippen molar-refractivity contribution in [3.63, 3.8) is 0 Å². The fourth-order valence-electron chi connectivity index (χ4n) is 4.99. The summed E-state index contributed by atoms with van der Waals surface area (Å²) in [6, 6.07) is 29.9. The maximum absolute atomic E-state index is 15.1. The number of carboxylic acid groups (broad SMARTS) is 1. The van der Waals surface area contributed by atoms with Crippen molar-refractivity contribution in [3.8, 4) is 5.75 Å². The number of hydrogen-bond acceptors (Lipinski definition) is 3. The minimum Gasteiger partial charge on any atom is -0.491 e. The first-order valence-electron chi connectivity index (χ1n) is 13.7. The summed E-state index contributed by atoms with van der Waals surface area (Å²) >= 11 is 0. The van der Waals surface area contributed by atoms with Crippen LogP contribution in [0.2, 0.25) is 0 Å². The Labute approximate surface area is 243 Å². The van der Waals surface area contributed by atoms with Crippen LogP contribution >= 0.6 is 0 Å². The Morgan fingerprint density at radius 3 is 2.10 bits per heavy atom. The lowest BCUT2D eigenvalue weighted by molar-refractivity contribution is -0.140. The van der Waals surface area contributed by atoms with Gasteiger partial charge in [0.25, 0.3) is 0 Å². The third-order valence-corrected chi connectivity index (χ3v) is 7.07. The van der Waals surface area contributed by atoms with E-state index in [-0.39, 0.29) is 30.6 Å². The summed E-state index contributed by atoms with van der Waals surface area (Å²) in [5.41, 5.74) is 1.39. The molecule has 0 fully saturated rings. The molecule has 0 aliphatic rings. The minimum absolute atomic E-state index is 0.0211. The Morgan fingerprint density at radius 2 is 1.50 bits per heavy atom. The first-order valence-corrected chi connectivity index (χ1v) is 13.7. The van der Waals surface area contributed by atoms with E-state index in [0.717, 1.165) is 17.2 Å². The zero-order valence-electron chi connectivity index (χ0n) is 23.2. The summed E-state index contributed by atoms with van der Waals surface area (Å²) in [7, 11) is 0. The average molecular weight is 580 g/mol. The Morgan fingerprint density at radius 1 is 0.881 bits per heavy atom.